The average Bonchev–Trinajstić information content (AvgIpc) is 3.21. The number of aliphatic imine (C=N–C) groups is 1. The fourth-order valence-corrected chi connectivity index (χ4v) is 4.41. The molecule has 0 aliphatic carbocycles. The first-order valence-corrected chi connectivity index (χ1v) is 11.2. The first-order valence-electron chi connectivity index (χ1n) is 11.2. The Hall–Kier alpha value is -1.63. The maximum atomic E-state index is 9.44. The molecule has 2 atom stereocenters. The maximum absolute atomic E-state index is 9.44. The van der Waals surface area contributed by atoms with Gasteiger partial charge in [-0.2, -0.15) is 0 Å². The van der Waals surface area contributed by atoms with Gasteiger partial charge in [0.1, 0.15) is 0 Å². The van der Waals surface area contributed by atoms with Gasteiger partial charge in [-0.05, 0) is 44.7 Å². The van der Waals surface area contributed by atoms with Crippen molar-refractivity contribution in [2.24, 2.45) is 10.4 Å². The standard InChI is InChI=1S/C23H38N4O2/c1-2-24-22(26-18-23(11-14-28)12-15-29-19-23)25-16-21-10-6-7-13-27(21)17-20-8-4-3-5-9-20/h3-5,8-9,21,28H,2,6-7,10-19H2,1H3,(H2,24,25,26). The van der Waals surface area contributed by atoms with E-state index in [9.17, 15) is 5.11 Å². The van der Waals surface area contributed by atoms with Crippen molar-refractivity contribution in [2.45, 2.75) is 51.6 Å². The van der Waals surface area contributed by atoms with Gasteiger partial charge in [0.2, 0.25) is 0 Å². The maximum Gasteiger partial charge on any atom is 0.191 e. The molecule has 0 spiro atoms. The third-order valence-electron chi connectivity index (χ3n) is 6.23. The Kier molecular flexibility index (Phi) is 8.77. The third kappa shape index (κ3) is 6.69. The lowest BCUT2D eigenvalue weighted by Crippen LogP contribution is -2.49. The molecule has 6 nitrogen and oxygen atoms in total. The number of likely N-dealkylation sites (tertiary alicyclic amines) is 1. The molecule has 3 rings (SSSR count). The Morgan fingerprint density at radius 3 is 2.86 bits per heavy atom. The molecular weight excluding hydrogens is 364 g/mol. The van der Waals surface area contributed by atoms with Crippen molar-refractivity contribution in [1.82, 2.24) is 15.5 Å². The van der Waals surface area contributed by atoms with E-state index in [0.717, 1.165) is 51.6 Å². The minimum absolute atomic E-state index is 0.0126. The van der Waals surface area contributed by atoms with Crippen molar-refractivity contribution in [2.75, 3.05) is 46.0 Å². The molecule has 3 N–H and O–H groups in total. The number of hydrogen-bond donors (Lipinski definition) is 3. The summed E-state index contributed by atoms with van der Waals surface area (Å²) in [7, 11) is 0. The van der Waals surface area contributed by atoms with E-state index in [-0.39, 0.29) is 12.0 Å². The third-order valence-corrected chi connectivity index (χ3v) is 6.23. The Labute approximate surface area is 175 Å². The molecule has 1 aromatic carbocycles. The lowest BCUT2D eigenvalue weighted by molar-refractivity contribution is 0.131. The predicted molar refractivity (Wildman–Crippen MR) is 118 cm³/mol. The number of nitrogens with one attached hydrogen (secondary N) is 2. The number of ether oxygens (including phenoxy) is 1. The number of piperidine rings is 1. The average molecular weight is 403 g/mol. The van der Waals surface area contributed by atoms with Gasteiger partial charge in [0.25, 0.3) is 0 Å². The summed E-state index contributed by atoms with van der Waals surface area (Å²) in [5.41, 5.74) is 1.37. The molecule has 2 heterocycles. The van der Waals surface area contributed by atoms with Gasteiger partial charge in [0.15, 0.2) is 5.96 Å². The molecule has 2 unspecified atom stereocenters. The highest BCUT2D eigenvalue weighted by Gasteiger charge is 2.34. The zero-order chi connectivity index (χ0) is 20.4. The number of hydrogen-bond acceptors (Lipinski definition) is 4. The molecular formula is C23H38N4O2. The summed E-state index contributed by atoms with van der Waals surface area (Å²) in [5.74, 6) is 0.877. The SMILES string of the molecule is CCNC(=NCC1(CCO)CCOC1)NCC1CCCCN1Cc1ccccc1. The van der Waals surface area contributed by atoms with Crippen molar-refractivity contribution in [3.8, 4) is 0 Å². The van der Waals surface area contributed by atoms with Gasteiger partial charge in [0, 0.05) is 44.3 Å². The largest absolute Gasteiger partial charge is 0.396 e. The molecule has 0 amide bonds. The Bertz CT molecular complexity index is 617. The monoisotopic (exact) mass is 402 g/mol. The van der Waals surface area contributed by atoms with Crippen LogP contribution in [0.25, 0.3) is 0 Å². The van der Waals surface area contributed by atoms with Crippen molar-refractivity contribution in [3.63, 3.8) is 0 Å². The van der Waals surface area contributed by atoms with E-state index in [4.69, 9.17) is 9.73 Å². The van der Waals surface area contributed by atoms with Crippen molar-refractivity contribution >= 4 is 5.96 Å². The summed E-state index contributed by atoms with van der Waals surface area (Å²) in [5, 5.41) is 16.4. The molecule has 0 bridgehead atoms. The Balaban J connectivity index is 1.57. The highest BCUT2D eigenvalue weighted by molar-refractivity contribution is 5.79. The van der Waals surface area contributed by atoms with Gasteiger partial charge in [-0.15, -0.1) is 0 Å². The van der Waals surface area contributed by atoms with Crippen LogP contribution in [0.1, 0.15) is 44.6 Å². The molecule has 2 aliphatic rings. The lowest BCUT2D eigenvalue weighted by Gasteiger charge is -2.36. The van der Waals surface area contributed by atoms with E-state index < -0.39 is 0 Å². The first kappa shape index (κ1) is 22.1. The van der Waals surface area contributed by atoms with Crippen LogP contribution in [0.4, 0.5) is 0 Å². The van der Waals surface area contributed by atoms with E-state index in [2.05, 4.69) is 52.8 Å². The molecule has 0 radical (unpaired) electrons. The van der Waals surface area contributed by atoms with Gasteiger partial charge >= 0.3 is 0 Å². The molecule has 29 heavy (non-hydrogen) atoms. The number of rotatable bonds is 9. The highest BCUT2D eigenvalue weighted by Crippen LogP contribution is 2.32. The zero-order valence-electron chi connectivity index (χ0n) is 17.9. The Morgan fingerprint density at radius 1 is 1.28 bits per heavy atom. The van der Waals surface area contributed by atoms with Crippen molar-refractivity contribution < 1.29 is 9.84 Å². The molecule has 0 saturated carbocycles. The van der Waals surface area contributed by atoms with Gasteiger partial charge in [-0.25, -0.2) is 0 Å². The molecule has 162 valence electrons. The summed E-state index contributed by atoms with van der Waals surface area (Å²) >= 11 is 0. The smallest absolute Gasteiger partial charge is 0.191 e. The summed E-state index contributed by atoms with van der Waals surface area (Å²) in [6.07, 6.45) is 5.53. The molecule has 1 aromatic rings. The predicted octanol–water partition coefficient (Wildman–Crippen LogP) is 2.39. The lowest BCUT2D eigenvalue weighted by atomic mass is 9.84. The van der Waals surface area contributed by atoms with E-state index in [0.29, 0.717) is 19.2 Å². The number of guanidine groups is 1. The molecule has 6 heteroatoms. The van der Waals surface area contributed by atoms with Crippen molar-refractivity contribution in [1.29, 1.82) is 0 Å². The number of nitrogens with zero attached hydrogens (tertiary/aromatic N) is 2. The van der Waals surface area contributed by atoms with E-state index in [1.54, 1.807) is 0 Å². The van der Waals surface area contributed by atoms with Gasteiger partial charge < -0.3 is 20.5 Å². The quantitative estimate of drug-likeness (QED) is 0.437. The summed E-state index contributed by atoms with van der Waals surface area (Å²) in [6.45, 7) is 8.38. The number of aliphatic hydroxyl groups is 1. The topological polar surface area (TPSA) is 69.1 Å². The normalized spacial score (nSPS) is 25.9. The second-order valence-corrected chi connectivity index (χ2v) is 8.46. The Morgan fingerprint density at radius 2 is 2.14 bits per heavy atom. The van der Waals surface area contributed by atoms with Crippen LogP contribution in [0, 0.1) is 5.41 Å². The van der Waals surface area contributed by atoms with E-state index in [1.807, 2.05) is 0 Å². The van der Waals surface area contributed by atoms with Crippen LogP contribution in [0.2, 0.25) is 0 Å². The molecule has 2 aliphatic heterocycles. The van der Waals surface area contributed by atoms with Crippen LogP contribution < -0.4 is 10.6 Å². The molecule has 0 aromatic heterocycles. The first-order chi connectivity index (χ1) is 14.2. The number of benzene rings is 1. The van der Waals surface area contributed by atoms with Crippen LogP contribution in [0.15, 0.2) is 35.3 Å². The van der Waals surface area contributed by atoms with Crippen LogP contribution in [-0.2, 0) is 11.3 Å². The fourth-order valence-electron chi connectivity index (χ4n) is 4.41. The van der Waals surface area contributed by atoms with Crippen LogP contribution >= 0.6 is 0 Å². The van der Waals surface area contributed by atoms with E-state index in [1.165, 1.54) is 24.8 Å². The summed E-state index contributed by atoms with van der Waals surface area (Å²) in [4.78, 5) is 7.47. The van der Waals surface area contributed by atoms with Crippen LogP contribution in [0.3, 0.4) is 0 Å². The van der Waals surface area contributed by atoms with Gasteiger partial charge in [0.05, 0.1) is 13.2 Å². The van der Waals surface area contributed by atoms with Gasteiger partial charge in [-0.3, -0.25) is 9.89 Å². The summed E-state index contributed by atoms with van der Waals surface area (Å²) < 4.78 is 5.60. The van der Waals surface area contributed by atoms with Crippen LogP contribution in [-0.4, -0.2) is 68.0 Å². The summed E-state index contributed by atoms with van der Waals surface area (Å²) in [6, 6.07) is 11.3. The molecule has 2 fully saturated rings. The highest BCUT2D eigenvalue weighted by atomic mass is 16.5. The second kappa shape index (κ2) is 11.5. The van der Waals surface area contributed by atoms with Crippen LogP contribution in [0.5, 0.6) is 0 Å². The number of aliphatic hydroxyl groups excluding tert-OH is 1. The minimum atomic E-state index is -0.0126. The second-order valence-electron chi connectivity index (χ2n) is 8.46. The molecule has 2 saturated heterocycles. The zero-order valence-corrected chi connectivity index (χ0v) is 17.9. The minimum Gasteiger partial charge on any atom is -0.396 e. The van der Waals surface area contributed by atoms with Gasteiger partial charge in [-0.1, -0.05) is 36.8 Å². The van der Waals surface area contributed by atoms with Crippen molar-refractivity contribution in [3.05, 3.63) is 35.9 Å². The van der Waals surface area contributed by atoms with E-state index >= 15 is 0 Å². The fraction of sp³-hybridized carbons (Fsp3) is 0.696.